The molecule has 76 valence electrons. The molecule has 1 unspecified atom stereocenters. The fourth-order valence-electron chi connectivity index (χ4n) is 1.44. The van der Waals surface area contributed by atoms with E-state index in [1.165, 1.54) is 0 Å². The first-order chi connectivity index (χ1) is 5.79. The predicted octanol–water partition coefficient (Wildman–Crippen LogP) is -4.12. The van der Waals surface area contributed by atoms with Crippen molar-refractivity contribution in [3.05, 3.63) is 41.5 Å². The number of allylic oxidation sites excluding steroid dienone is 1. The molecule has 0 N–H and O–H groups in total. The number of carbonyl (C=O) groups is 1. The second-order valence-corrected chi connectivity index (χ2v) is 3.26. The van der Waals surface area contributed by atoms with Crippen LogP contribution in [0.1, 0.15) is 17.0 Å². The van der Waals surface area contributed by atoms with Gasteiger partial charge in [-0.1, -0.05) is 0 Å². The molecule has 1 aliphatic carbocycles. The van der Waals surface area contributed by atoms with Gasteiger partial charge in [-0.3, -0.25) is 0 Å². The van der Waals surface area contributed by atoms with Crippen molar-refractivity contribution in [2.24, 2.45) is 0 Å². The minimum atomic E-state index is -0.138. The molecule has 1 aliphatic rings. The van der Waals surface area contributed by atoms with Crippen LogP contribution >= 0.6 is 0 Å². The van der Waals surface area contributed by atoms with Crippen molar-refractivity contribution < 1.29 is 54.5 Å². The zero-order valence-electron chi connectivity index (χ0n) is 7.04. The van der Waals surface area contributed by atoms with Crippen LogP contribution in [0, 0.1) is 0 Å². The first-order valence-electron chi connectivity index (χ1n) is 3.73. The topological polar surface area (TPSA) is 17.1 Å². The van der Waals surface area contributed by atoms with E-state index in [0.717, 1.165) is 11.1 Å². The third kappa shape index (κ3) is 2.57. The third-order valence-electron chi connectivity index (χ3n) is 2.03. The summed E-state index contributed by atoms with van der Waals surface area (Å²) in [4.78, 5) is 11.0. The monoisotopic (exact) mass is 360 g/mol. The van der Waals surface area contributed by atoms with Crippen molar-refractivity contribution in [3.63, 3.8) is 0 Å². The molecule has 0 spiro atoms. The Hall–Kier alpha value is 0.0965. The van der Waals surface area contributed by atoms with E-state index in [0.29, 0.717) is 0 Å². The first-order valence-corrected chi connectivity index (χ1v) is 4.25. The number of hydrogen-bond acceptors (Lipinski definition) is 1. The second-order valence-electron chi connectivity index (χ2n) is 2.75. The van der Waals surface area contributed by atoms with Gasteiger partial charge in [0.2, 0.25) is 0 Å². The zero-order chi connectivity index (χ0) is 8.55. The van der Waals surface area contributed by atoms with Crippen molar-refractivity contribution in [2.45, 2.75) is 5.92 Å². The number of hydrogen-bond donors (Lipinski definition) is 0. The molecule has 0 bridgehead atoms. The van der Waals surface area contributed by atoms with E-state index in [-0.39, 0.29) is 44.6 Å². The molecule has 0 heterocycles. The molecule has 0 aromatic heterocycles. The average Bonchev–Trinajstić information content (AvgIpc) is 2.47. The molecule has 1 aromatic carbocycles. The molecule has 0 saturated carbocycles. The molecule has 0 saturated heterocycles. The first kappa shape index (κ1) is 14.1. The predicted molar refractivity (Wildman–Crippen MR) is 43.2 cm³/mol. The minimum Gasteiger partial charge on any atom is -1.00 e. The standard InChI is InChI=1S/C10H7O.2BrH.Co/c11-7-9-6-5-8-3-1-2-4-10(8)9;;;/h1-6,9H;2*1H;/q;;;+2/p-2. The molecule has 1 nitrogen and oxygen atoms in total. The van der Waals surface area contributed by atoms with Crippen molar-refractivity contribution in [2.75, 3.05) is 0 Å². The maximum Gasteiger partial charge on any atom is -1.00 e. The Morgan fingerprint density at radius 1 is 1.21 bits per heavy atom. The fraction of sp³-hybridized carbons (Fsp3) is 0.100. The van der Waals surface area contributed by atoms with E-state index < -0.39 is 0 Å². The van der Waals surface area contributed by atoms with Gasteiger partial charge < -0.3 is 34.0 Å². The van der Waals surface area contributed by atoms with Gasteiger partial charge in [0, 0.05) is 0 Å². The molecule has 14 heavy (non-hydrogen) atoms. The van der Waals surface area contributed by atoms with Gasteiger partial charge in [0.25, 0.3) is 0 Å². The van der Waals surface area contributed by atoms with Crippen LogP contribution in [0.5, 0.6) is 0 Å². The second kappa shape index (κ2) is 5.85. The summed E-state index contributed by atoms with van der Waals surface area (Å²) in [5, 5.41) is 0. The van der Waals surface area contributed by atoms with Crippen LogP contribution in [0.2, 0.25) is 0 Å². The molecular weight excluding hydrogens is 355 g/mol. The van der Waals surface area contributed by atoms with Gasteiger partial charge in [0.15, 0.2) is 0 Å². The van der Waals surface area contributed by atoms with Gasteiger partial charge in [-0.25, -0.2) is 0 Å². The van der Waals surface area contributed by atoms with Gasteiger partial charge in [0.05, 0.1) is 0 Å². The molecular formula is C10H7Br2CoO. The Labute approximate surface area is 112 Å². The van der Waals surface area contributed by atoms with Crippen LogP contribution in [0.15, 0.2) is 30.3 Å². The van der Waals surface area contributed by atoms with E-state index in [2.05, 4.69) is 15.7 Å². The molecule has 0 amide bonds. The quantitative estimate of drug-likeness (QED) is 0.497. The fourth-order valence-corrected chi connectivity index (χ4v) is 1.70. The van der Waals surface area contributed by atoms with Crippen LogP contribution in [-0.4, -0.2) is 4.72 Å². The van der Waals surface area contributed by atoms with E-state index >= 15 is 0 Å². The molecule has 2 rings (SSSR count). The third-order valence-corrected chi connectivity index (χ3v) is 2.35. The number of fused-ring (bicyclic) bond motifs is 1. The summed E-state index contributed by atoms with van der Waals surface area (Å²) in [6, 6.07) is 7.87. The van der Waals surface area contributed by atoms with Crippen LogP contribution in [-0.2, 0) is 20.5 Å². The summed E-state index contributed by atoms with van der Waals surface area (Å²) >= 11 is 3.88. The molecule has 0 fully saturated rings. The summed E-state index contributed by atoms with van der Waals surface area (Å²) in [5.41, 5.74) is 2.19. The normalized spacial score (nSPS) is 16.5. The Morgan fingerprint density at radius 2 is 1.86 bits per heavy atom. The van der Waals surface area contributed by atoms with Crippen molar-refractivity contribution in [3.8, 4) is 0 Å². The number of halogens is 2. The van der Waals surface area contributed by atoms with E-state index in [9.17, 15) is 4.79 Å². The van der Waals surface area contributed by atoms with Gasteiger partial charge in [-0.2, -0.15) is 0 Å². The van der Waals surface area contributed by atoms with Crippen LogP contribution < -0.4 is 34.0 Å². The van der Waals surface area contributed by atoms with Crippen molar-refractivity contribution >= 4 is 10.8 Å². The Morgan fingerprint density at radius 3 is 2.50 bits per heavy atom. The van der Waals surface area contributed by atoms with Gasteiger partial charge in [-0.15, -0.1) is 0 Å². The molecule has 0 radical (unpaired) electrons. The summed E-state index contributed by atoms with van der Waals surface area (Å²) in [7, 11) is 0. The largest absolute Gasteiger partial charge is 1.00 e. The SMILES string of the molecule is O=[C]([Co+2])C1C=Cc2ccccc21.[Br-].[Br-]. The molecule has 1 aromatic rings. The Bertz CT molecular complexity index is 363. The van der Waals surface area contributed by atoms with Gasteiger partial charge >= 0.3 is 78.7 Å². The summed E-state index contributed by atoms with van der Waals surface area (Å²) in [5.74, 6) is -0.138. The maximum atomic E-state index is 11.0. The average molecular weight is 362 g/mol. The molecule has 4 heteroatoms. The van der Waals surface area contributed by atoms with E-state index in [4.69, 9.17) is 0 Å². The summed E-state index contributed by atoms with van der Waals surface area (Å²) < 4.78 is -0.0938. The van der Waals surface area contributed by atoms with Crippen LogP contribution in [0.25, 0.3) is 6.08 Å². The zero-order valence-corrected chi connectivity index (χ0v) is 11.3. The minimum absolute atomic E-state index is 0. The van der Waals surface area contributed by atoms with E-state index in [1.807, 2.05) is 36.4 Å². The van der Waals surface area contributed by atoms with Crippen molar-refractivity contribution in [1.82, 2.24) is 0 Å². The van der Waals surface area contributed by atoms with Crippen molar-refractivity contribution in [1.29, 1.82) is 0 Å². The number of benzene rings is 1. The summed E-state index contributed by atoms with van der Waals surface area (Å²) in [6.07, 6.45) is 3.85. The smallest absolute Gasteiger partial charge is 1.00 e. The molecule has 0 aliphatic heterocycles. The van der Waals surface area contributed by atoms with Crippen LogP contribution in [0.3, 0.4) is 0 Å². The number of rotatable bonds is 1. The Balaban J connectivity index is 0.000000845. The van der Waals surface area contributed by atoms with Gasteiger partial charge in [-0.05, 0) is 0 Å². The molecule has 1 atom stereocenters. The Kier molecular flexibility index (Phi) is 5.89. The number of carbonyl (C=O) groups excluding carboxylic acids is 1. The van der Waals surface area contributed by atoms with Gasteiger partial charge in [0.1, 0.15) is 0 Å². The van der Waals surface area contributed by atoms with E-state index in [1.54, 1.807) is 0 Å². The van der Waals surface area contributed by atoms with Crippen LogP contribution in [0.4, 0.5) is 0 Å². The summed E-state index contributed by atoms with van der Waals surface area (Å²) in [6.45, 7) is 0. The maximum absolute atomic E-state index is 11.0.